The fourth-order valence-electron chi connectivity index (χ4n) is 3.28. The number of hydrogen-bond donors (Lipinski definition) is 1. The summed E-state index contributed by atoms with van der Waals surface area (Å²) in [6, 6.07) is 25.0. The van der Waals surface area contributed by atoms with Gasteiger partial charge in [0.15, 0.2) is 0 Å². The second kappa shape index (κ2) is 9.35. The van der Waals surface area contributed by atoms with Gasteiger partial charge in [0.25, 0.3) is 0 Å². The summed E-state index contributed by atoms with van der Waals surface area (Å²) < 4.78 is 7.64. The van der Waals surface area contributed by atoms with Crippen molar-refractivity contribution in [3.63, 3.8) is 0 Å². The zero-order valence-electron chi connectivity index (χ0n) is 16.1. The van der Waals surface area contributed by atoms with E-state index in [0.717, 1.165) is 22.5 Å². The highest BCUT2D eigenvalue weighted by Crippen LogP contribution is 2.31. The van der Waals surface area contributed by atoms with E-state index in [1.165, 1.54) is 0 Å². The Labute approximate surface area is 185 Å². The fourth-order valence-corrected chi connectivity index (χ4v) is 3.75. The molecule has 1 N–H and O–H groups in total. The average Bonchev–Trinajstić information content (AvgIpc) is 3.18. The molecule has 3 aromatic carbocycles. The van der Waals surface area contributed by atoms with Crippen LogP contribution in [0.2, 0.25) is 10.0 Å². The smallest absolute Gasteiger partial charge is 0.138 e. The third kappa shape index (κ3) is 4.68. The molecule has 0 aliphatic heterocycles. The zero-order chi connectivity index (χ0) is 20.9. The molecule has 0 saturated carbocycles. The maximum absolute atomic E-state index is 10.6. The lowest BCUT2D eigenvalue weighted by Gasteiger charge is -2.16. The number of aliphatic hydroxyl groups is 1. The van der Waals surface area contributed by atoms with Gasteiger partial charge in [-0.25, -0.2) is 4.98 Å². The third-order valence-corrected chi connectivity index (χ3v) is 5.20. The van der Waals surface area contributed by atoms with Crippen molar-refractivity contribution >= 4 is 23.2 Å². The van der Waals surface area contributed by atoms with Crippen LogP contribution >= 0.6 is 23.2 Å². The lowest BCUT2D eigenvalue weighted by atomic mass is 10.0. The Morgan fingerprint density at radius 3 is 2.23 bits per heavy atom. The second-order valence-corrected chi connectivity index (χ2v) is 7.71. The molecule has 0 aliphatic rings. The second-order valence-electron chi connectivity index (χ2n) is 6.87. The Balaban J connectivity index is 1.57. The molecule has 0 aliphatic carbocycles. The molecule has 4 aromatic rings. The molecule has 30 heavy (non-hydrogen) atoms. The number of benzene rings is 3. The maximum Gasteiger partial charge on any atom is 0.138 e. The van der Waals surface area contributed by atoms with E-state index in [1.54, 1.807) is 24.5 Å². The molecular formula is C24H20Cl2N2O2. The SMILES string of the molecule is O[C@@H](COc1ccc(Cl)cc1Cl)Cn1cnc(-c2ccccc2)c1-c1ccccc1. The number of ether oxygens (including phenoxy) is 1. The topological polar surface area (TPSA) is 47.3 Å². The minimum absolute atomic E-state index is 0.0917. The van der Waals surface area contributed by atoms with Gasteiger partial charge in [0.1, 0.15) is 18.5 Å². The number of halogens is 2. The van der Waals surface area contributed by atoms with Crippen LogP contribution in [0.5, 0.6) is 5.75 Å². The quantitative estimate of drug-likeness (QED) is 0.386. The molecule has 4 rings (SSSR count). The molecule has 0 bridgehead atoms. The van der Waals surface area contributed by atoms with Crippen LogP contribution in [-0.4, -0.2) is 27.4 Å². The number of rotatable bonds is 7. The number of hydrogen-bond acceptors (Lipinski definition) is 3. The van der Waals surface area contributed by atoms with E-state index in [1.807, 2.05) is 65.2 Å². The van der Waals surface area contributed by atoms with Crippen LogP contribution < -0.4 is 4.74 Å². The first-order chi connectivity index (χ1) is 14.6. The van der Waals surface area contributed by atoms with Crippen molar-refractivity contribution < 1.29 is 9.84 Å². The van der Waals surface area contributed by atoms with E-state index >= 15 is 0 Å². The van der Waals surface area contributed by atoms with Crippen LogP contribution in [0.1, 0.15) is 0 Å². The van der Waals surface area contributed by atoms with Gasteiger partial charge >= 0.3 is 0 Å². The van der Waals surface area contributed by atoms with E-state index in [4.69, 9.17) is 27.9 Å². The molecule has 0 amide bonds. The molecular weight excluding hydrogens is 419 g/mol. The number of imidazole rings is 1. The maximum atomic E-state index is 10.6. The summed E-state index contributed by atoms with van der Waals surface area (Å²) in [6.07, 6.45) is 1.00. The molecule has 1 aromatic heterocycles. The van der Waals surface area contributed by atoms with Gasteiger partial charge in [-0.2, -0.15) is 0 Å². The first kappa shape index (κ1) is 20.5. The predicted molar refractivity (Wildman–Crippen MR) is 121 cm³/mol. The van der Waals surface area contributed by atoms with E-state index < -0.39 is 6.10 Å². The molecule has 0 unspecified atom stereocenters. The Kier molecular flexibility index (Phi) is 6.38. The minimum Gasteiger partial charge on any atom is -0.489 e. The van der Waals surface area contributed by atoms with Crippen molar-refractivity contribution in [2.24, 2.45) is 0 Å². The summed E-state index contributed by atoms with van der Waals surface area (Å²) >= 11 is 12.1. The average molecular weight is 439 g/mol. The van der Waals surface area contributed by atoms with E-state index in [-0.39, 0.29) is 6.61 Å². The molecule has 1 heterocycles. The van der Waals surface area contributed by atoms with E-state index in [2.05, 4.69) is 4.98 Å². The van der Waals surface area contributed by atoms with E-state index in [9.17, 15) is 5.11 Å². The first-order valence-corrected chi connectivity index (χ1v) is 10.3. The van der Waals surface area contributed by atoms with Crippen LogP contribution in [0, 0.1) is 0 Å². The van der Waals surface area contributed by atoms with Crippen molar-refractivity contribution in [3.8, 4) is 28.3 Å². The molecule has 0 saturated heterocycles. The molecule has 0 spiro atoms. The van der Waals surface area contributed by atoms with Crippen molar-refractivity contribution in [3.05, 3.63) is 95.2 Å². The van der Waals surface area contributed by atoms with Gasteiger partial charge in [-0.15, -0.1) is 0 Å². The van der Waals surface area contributed by atoms with Crippen LogP contribution in [0.25, 0.3) is 22.5 Å². The van der Waals surface area contributed by atoms with Gasteiger partial charge in [0.05, 0.1) is 29.3 Å². The van der Waals surface area contributed by atoms with Gasteiger partial charge in [-0.1, -0.05) is 83.9 Å². The Hall–Kier alpha value is -2.79. The predicted octanol–water partition coefficient (Wildman–Crippen LogP) is 5.96. The van der Waals surface area contributed by atoms with Gasteiger partial charge in [0, 0.05) is 16.1 Å². The minimum atomic E-state index is -0.753. The fraction of sp³-hybridized carbons (Fsp3) is 0.125. The van der Waals surface area contributed by atoms with Crippen LogP contribution in [0.3, 0.4) is 0 Å². The number of aliphatic hydroxyl groups excluding tert-OH is 1. The monoisotopic (exact) mass is 438 g/mol. The van der Waals surface area contributed by atoms with Crippen molar-refractivity contribution in [2.75, 3.05) is 6.61 Å². The summed E-state index contributed by atoms with van der Waals surface area (Å²) in [5, 5.41) is 11.6. The lowest BCUT2D eigenvalue weighted by Crippen LogP contribution is -2.23. The van der Waals surface area contributed by atoms with Crippen LogP contribution in [0.4, 0.5) is 0 Å². The summed E-state index contributed by atoms with van der Waals surface area (Å²) in [5.41, 5.74) is 3.87. The highest BCUT2D eigenvalue weighted by atomic mass is 35.5. The first-order valence-electron chi connectivity index (χ1n) is 9.53. The van der Waals surface area contributed by atoms with Crippen molar-refractivity contribution in [1.29, 1.82) is 0 Å². The van der Waals surface area contributed by atoms with Gasteiger partial charge in [-0.3, -0.25) is 0 Å². The van der Waals surface area contributed by atoms with Crippen molar-refractivity contribution in [1.82, 2.24) is 9.55 Å². The number of nitrogens with zero attached hydrogens (tertiary/aromatic N) is 2. The summed E-state index contributed by atoms with van der Waals surface area (Å²) in [4.78, 5) is 4.63. The van der Waals surface area contributed by atoms with Gasteiger partial charge < -0.3 is 14.4 Å². The van der Waals surface area contributed by atoms with Crippen molar-refractivity contribution in [2.45, 2.75) is 12.6 Å². The van der Waals surface area contributed by atoms with Crippen LogP contribution in [0.15, 0.2) is 85.2 Å². The summed E-state index contributed by atoms with van der Waals surface area (Å²) in [7, 11) is 0. The largest absolute Gasteiger partial charge is 0.489 e. The van der Waals surface area contributed by atoms with Gasteiger partial charge in [-0.05, 0) is 18.2 Å². The molecule has 6 heteroatoms. The Bertz CT molecular complexity index is 1110. The Morgan fingerprint density at radius 2 is 1.57 bits per heavy atom. The summed E-state index contributed by atoms with van der Waals surface area (Å²) in [5.74, 6) is 0.485. The lowest BCUT2D eigenvalue weighted by molar-refractivity contribution is 0.0929. The standard InChI is InChI=1S/C24H20Cl2N2O2/c25-19-11-12-22(21(26)13-19)30-15-20(29)14-28-16-27-23(17-7-3-1-4-8-17)24(28)18-9-5-2-6-10-18/h1-13,16,20,29H,14-15H2/t20-/m1/s1. The highest BCUT2D eigenvalue weighted by molar-refractivity contribution is 6.35. The third-order valence-electron chi connectivity index (χ3n) is 4.66. The summed E-state index contributed by atoms with van der Waals surface area (Å²) in [6.45, 7) is 0.420. The molecule has 152 valence electrons. The molecule has 4 nitrogen and oxygen atoms in total. The van der Waals surface area contributed by atoms with E-state index in [0.29, 0.717) is 22.3 Å². The molecule has 0 radical (unpaired) electrons. The highest BCUT2D eigenvalue weighted by Gasteiger charge is 2.17. The number of aromatic nitrogens is 2. The Morgan fingerprint density at radius 1 is 0.900 bits per heavy atom. The normalized spacial score (nSPS) is 12.0. The van der Waals surface area contributed by atoms with Gasteiger partial charge in [0.2, 0.25) is 0 Å². The molecule has 0 fully saturated rings. The zero-order valence-corrected chi connectivity index (χ0v) is 17.6. The van der Waals surface area contributed by atoms with Crippen LogP contribution in [-0.2, 0) is 6.54 Å². The molecule has 1 atom stereocenters.